The van der Waals surface area contributed by atoms with Gasteiger partial charge in [-0.05, 0) is 6.92 Å². The summed E-state index contributed by atoms with van der Waals surface area (Å²) >= 11 is 0. The number of nitrogens with zero attached hydrogens (tertiary/aromatic N) is 1. The summed E-state index contributed by atoms with van der Waals surface area (Å²) in [6, 6.07) is 0. The van der Waals surface area contributed by atoms with E-state index in [1.807, 2.05) is 6.92 Å². The number of hydrogen-bond acceptors (Lipinski definition) is 3. The Morgan fingerprint density at radius 3 is 1.95 bits per heavy atom. The van der Waals surface area contributed by atoms with Gasteiger partial charge in [0.15, 0.2) is 12.0 Å². The van der Waals surface area contributed by atoms with E-state index < -0.39 is 35.6 Å². The molecule has 0 aliphatic heterocycles. The lowest BCUT2D eigenvalue weighted by Crippen LogP contribution is -2.16. The van der Waals surface area contributed by atoms with Crippen molar-refractivity contribution >= 4 is 6.29 Å². The van der Waals surface area contributed by atoms with Crippen LogP contribution in [0.4, 0.5) is 26.3 Å². The van der Waals surface area contributed by atoms with Gasteiger partial charge in [0.25, 0.3) is 0 Å². The van der Waals surface area contributed by atoms with Crippen LogP contribution in [0.2, 0.25) is 0 Å². The van der Waals surface area contributed by atoms with Gasteiger partial charge in [-0.2, -0.15) is 31.4 Å². The molecule has 0 saturated carbocycles. The van der Waals surface area contributed by atoms with Gasteiger partial charge < -0.3 is 4.74 Å². The van der Waals surface area contributed by atoms with Crippen LogP contribution in [0.3, 0.4) is 0 Å². The Morgan fingerprint density at radius 1 is 1.21 bits per heavy atom. The van der Waals surface area contributed by atoms with E-state index in [-0.39, 0.29) is 0 Å². The van der Waals surface area contributed by atoms with Gasteiger partial charge in [0.2, 0.25) is 0 Å². The van der Waals surface area contributed by atoms with Crippen molar-refractivity contribution in [3.8, 4) is 0 Å². The number of halogens is 6. The molecule has 0 atom stereocenters. The number of carbonyl (C=O) groups is 1. The Balaban J connectivity index is 0.000000711. The lowest BCUT2D eigenvalue weighted by molar-refractivity contribution is -0.163. The summed E-state index contributed by atoms with van der Waals surface area (Å²) in [4.78, 5) is 10.1. The van der Waals surface area contributed by atoms with Gasteiger partial charge in [0.05, 0.1) is 0 Å². The van der Waals surface area contributed by atoms with Gasteiger partial charge in [0, 0.05) is 13.7 Å². The number of aromatic amines is 1. The zero-order chi connectivity index (χ0) is 15.3. The zero-order valence-electron chi connectivity index (χ0n) is 9.82. The van der Waals surface area contributed by atoms with Crippen molar-refractivity contribution in [1.82, 2.24) is 10.2 Å². The van der Waals surface area contributed by atoms with Gasteiger partial charge in [-0.15, -0.1) is 0 Å². The molecule has 0 fully saturated rings. The summed E-state index contributed by atoms with van der Waals surface area (Å²) in [5.41, 5.74) is -5.48. The van der Waals surface area contributed by atoms with Crippen molar-refractivity contribution in [3.63, 3.8) is 0 Å². The van der Waals surface area contributed by atoms with Crippen LogP contribution in [-0.4, -0.2) is 30.2 Å². The summed E-state index contributed by atoms with van der Waals surface area (Å²) < 4.78 is 77.1. The number of aromatic nitrogens is 2. The largest absolute Gasteiger partial charge is 0.433 e. The lowest BCUT2D eigenvalue weighted by Gasteiger charge is -2.09. The number of hydrogen-bond donors (Lipinski definition) is 1. The third-order valence-corrected chi connectivity index (χ3v) is 1.76. The molecule has 0 bridgehead atoms. The van der Waals surface area contributed by atoms with Gasteiger partial charge in [-0.1, -0.05) is 0 Å². The first kappa shape index (κ1) is 17.4. The molecule has 0 aliphatic carbocycles. The first-order chi connectivity index (χ1) is 8.59. The van der Waals surface area contributed by atoms with Crippen LogP contribution in [0.5, 0.6) is 0 Å². The SMILES string of the molecule is CCOC.O=Cc1n[nH]c(C(F)(F)F)c1C(F)(F)F. The predicted molar refractivity (Wildman–Crippen MR) is 51.5 cm³/mol. The van der Waals surface area contributed by atoms with E-state index in [0.717, 1.165) is 11.7 Å². The molecule has 0 aromatic carbocycles. The summed E-state index contributed by atoms with van der Waals surface area (Å²) in [5.74, 6) is 0. The fourth-order valence-corrected chi connectivity index (χ4v) is 0.933. The molecule has 1 N–H and O–H groups in total. The van der Waals surface area contributed by atoms with Gasteiger partial charge in [-0.3, -0.25) is 9.89 Å². The van der Waals surface area contributed by atoms with E-state index in [0.29, 0.717) is 0 Å². The molecule has 1 aromatic heterocycles. The second-order valence-corrected chi connectivity index (χ2v) is 3.05. The van der Waals surface area contributed by atoms with Crippen LogP contribution < -0.4 is 0 Å². The molecule has 4 nitrogen and oxygen atoms in total. The quantitative estimate of drug-likeness (QED) is 0.673. The number of rotatable bonds is 2. The maximum Gasteiger partial charge on any atom is 0.433 e. The highest BCUT2D eigenvalue weighted by Gasteiger charge is 2.47. The number of carbonyl (C=O) groups excluding carboxylic acids is 1. The normalized spacial score (nSPS) is 11.8. The molecule has 0 radical (unpaired) electrons. The number of H-pyrrole nitrogens is 1. The molecule has 0 saturated heterocycles. The average molecular weight is 292 g/mol. The minimum Gasteiger partial charge on any atom is -0.385 e. The van der Waals surface area contributed by atoms with Crippen molar-refractivity contribution in [2.75, 3.05) is 13.7 Å². The molecular weight excluding hydrogens is 282 g/mol. The van der Waals surface area contributed by atoms with Crippen LogP contribution in [0.15, 0.2) is 0 Å². The average Bonchev–Trinajstić information content (AvgIpc) is 2.72. The number of nitrogens with one attached hydrogen (secondary N) is 1. The van der Waals surface area contributed by atoms with Crippen molar-refractivity contribution in [2.24, 2.45) is 0 Å². The van der Waals surface area contributed by atoms with Crippen LogP contribution in [0, 0.1) is 0 Å². The fourth-order valence-electron chi connectivity index (χ4n) is 0.933. The summed E-state index contributed by atoms with van der Waals surface area (Å²) in [6.07, 6.45) is -10.9. The summed E-state index contributed by atoms with van der Waals surface area (Å²) in [6.45, 7) is 2.78. The smallest absolute Gasteiger partial charge is 0.385 e. The molecule has 1 aromatic rings. The first-order valence-corrected chi connectivity index (χ1v) is 4.76. The van der Waals surface area contributed by atoms with E-state index in [2.05, 4.69) is 9.84 Å². The second-order valence-electron chi connectivity index (χ2n) is 3.05. The van der Waals surface area contributed by atoms with Crippen LogP contribution >= 0.6 is 0 Å². The molecule has 1 heterocycles. The maximum atomic E-state index is 12.1. The fraction of sp³-hybridized carbons (Fsp3) is 0.556. The minimum atomic E-state index is -5.28. The number of aldehydes is 1. The molecule has 1 rings (SSSR count). The molecule has 0 spiro atoms. The first-order valence-electron chi connectivity index (χ1n) is 4.76. The highest BCUT2D eigenvalue weighted by molar-refractivity contribution is 5.75. The summed E-state index contributed by atoms with van der Waals surface area (Å²) in [5, 5.41) is 3.78. The van der Waals surface area contributed by atoms with E-state index in [1.54, 1.807) is 7.11 Å². The number of methoxy groups -OCH3 is 1. The predicted octanol–water partition coefficient (Wildman–Crippen LogP) is 2.91. The van der Waals surface area contributed by atoms with E-state index >= 15 is 0 Å². The van der Waals surface area contributed by atoms with Gasteiger partial charge in [0.1, 0.15) is 11.3 Å². The Bertz CT molecular complexity index is 408. The lowest BCUT2D eigenvalue weighted by atomic mass is 10.2. The van der Waals surface area contributed by atoms with Gasteiger partial charge in [-0.25, -0.2) is 0 Å². The van der Waals surface area contributed by atoms with E-state index in [9.17, 15) is 31.1 Å². The second kappa shape index (κ2) is 6.55. The number of ether oxygens (including phenoxy) is 1. The van der Waals surface area contributed by atoms with Crippen molar-refractivity contribution in [2.45, 2.75) is 19.3 Å². The molecule has 0 unspecified atom stereocenters. The molecule has 19 heavy (non-hydrogen) atoms. The molecule has 0 amide bonds. The van der Waals surface area contributed by atoms with Gasteiger partial charge >= 0.3 is 12.4 Å². The standard InChI is InChI=1S/C6H2F6N2O.C3H8O/c7-5(8,9)3-2(1-15)13-14-4(3)6(10,11)12;1-3-4-2/h1H,(H,13,14);3H2,1-2H3. The zero-order valence-corrected chi connectivity index (χ0v) is 9.82. The summed E-state index contributed by atoms with van der Waals surface area (Å²) in [7, 11) is 1.68. The Kier molecular flexibility index (Phi) is 6.00. The topological polar surface area (TPSA) is 55.0 Å². The van der Waals surface area contributed by atoms with Crippen LogP contribution in [0.25, 0.3) is 0 Å². The van der Waals surface area contributed by atoms with Crippen LogP contribution in [0.1, 0.15) is 28.7 Å². The number of alkyl halides is 6. The van der Waals surface area contributed by atoms with E-state index in [1.165, 1.54) is 0 Å². The molecule has 110 valence electrons. The molecule has 10 heteroatoms. The van der Waals surface area contributed by atoms with Crippen molar-refractivity contribution in [1.29, 1.82) is 0 Å². The van der Waals surface area contributed by atoms with Crippen molar-refractivity contribution < 1.29 is 35.9 Å². The Hall–Kier alpha value is -1.58. The highest BCUT2D eigenvalue weighted by Crippen LogP contribution is 2.40. The Labute approximate surface area is 103 Å². The third kappa shape index (κ3) is 4.89. The molecular formula is C9H10F6N2O2. The monoisotopic (exact) mass is 292 g/mol. The minimum absolute atomic E-state index is 0.394. The Morgan fingerprint density at radius 2 is 1.68 bits per heavy atom. The molecule has 0 aliphatic rings. The maximum absolute atomic E-state index is 12.1. The van der Waals surface area contributed by atoms with Crippen molar-refractivity contribution in [3.05, 3.63) is 17.0 Å². The highest BCUT2D eigenvalue weighted by atomic mass is 19.4. The third-order valence-electron chi connectivity index (χ3n) is 1.76. The van der Waals surface area contributed by atoms with E-state index in [4.69, 9.17) is 0 Å². The van der Waals surface area contributed by atoms with Crippen LogP contribution in [-0.2, 0) is 17.1 Å².